The Bertz CT molecular complexity index is 1330. The number of fused-ring (bicyclic) bond motifs is 2. The molecule has 1 saturated heterocycles. The van der Waals surface area contributed by atoms with E-state index in [0.29, 0.717) is 40.6 Å². The second-order valence-electron chi connectivity index (χ2n) is 8.56. The summed E-state index contributed by atoms with van der Waals surface area (Å²) in [5, 5.41) is 13.2. The lowest BCUT2D eigenvalue weighted by Gasteiger charge is -2.25. The van der Waals surface area contributed by atoms with E-state index in [4.69, 9.17) is 21.4 Å². The highest BCUT2D eigenvalue weighted by molar-refractivity contribution is 7.17. The van der Waals surface area contributed by atoms with Gasteiger partial charge < -0.3 is 14.7 Å². The van der Waals surface area contributed by atoms with Crippen molar-refractivity contribution in [3.8, 4) is 10.8 Å². The van der Waals surface area contributed by atoms with Gasteiger partial charge in [0.15, 0.2) is 5.13 Å². The molecule has 2 aliphatic heterocycles. The van der Waals surface area contributed by atoms with Crippen LogP contribution in [0.1, 0.15) is 29.3 Å². The molecule has 3 aromatic rings. The van der Waals surface area contributed by atoms with Crippen LogP contribution in [0.5, 0.6) is 10.8 Å². The minimum Gasteiger partial charge on any atom is -0.478 e. The van der Waals surface area contributed by atoms with Gasteiger partial charge >= 0.3 is 12.0 Å². The Morgan fingerprint density at radius 2 is 1.94 bits per heavy atom. The molecule has 0 saturated carbocycles. The molecule has 2 aromatic carbocycles. The lowest BCUT2D eigenvalue weighted by molar-refractivity contribution is -0.127. The van der Waals surface area contributed by atoms with Gasteiger partial charge in [-0.15, -0.1) is 0 Å². The Balaban J connectivity index is 1.31. The van der Waals surface area contributed by atoms with Crippen LogP contribution >= 0.6 is 22.9 Å². The van der Waals surface area contributed by atoms with Crippen molar-refractivity contribution in [3.05, 3.63) is 64.8 Å². The minimum absolute atomic E-state index is 0.0151. The van der Waals surface area contributed by atoms with Gasteiger partial charge in [-0.1, -0.05) is 22.9 Å². The van der Waals surface area contributed by atoms with E-state index in [2.05, 4.69) is 10.3 Å². The Kier molecular flexibility index (Phi) is 5.86. The highest BCUT2D eigenvalue weighted by atomic mass is 35.5. The number of hydrogen-bond acceptors (Lipinski definition) is 6. The highest BCUT2D eigenvalue weighted by Crippen LogP contribution is 2.47. The number of aromatic nitrogens is 1. The largest absolute Gasteiger partial charge is 0.478 e. The average molecular weight is 513 g/mol. The van der Waals surface area contributed by atoms with Crippen molar-refractivity contribution in [2.24, 2.45) is 0 Å². The molecule has 5 rings (SSSR count). The lowest BCUT2D eigenvalue weighted by atomic mass is 9.81. The predicted molar refractivity (Wildman–Crippen MR) is 132 cm³/mol. The summed E-state index contributed by atoms with van der Waals surface area (Å²) in [5.74, 6) is -0.542. The van der Waals surface area contributed by atoms with Crippen LogP contribution in [0.4, 0.5) is 15.6 Å². The zero-order chi connectivity index (χ0) is 24.7. The van der Waals surface area contributed by atoms with E-state index < -0.39 is 5.97 Å². The van der Waals surface area contributed by atoms with E-state index in [-0.39, 0.29) is 22.9 Å². The number of aromatic carboxylic acids is 1. The fraction of sp³-hybridized carbons (Fsp3) is 0.250. The van der Waals surface area contributed by atoms with Crippen molar-refractivity contribution in [2.45, 2.75) is 18.8 Å². The smallest absolute Gasteiger partial charge is 0.335 e. The number of carboxylic acid groups (broad SMARTS) is 1. The minimum atomic E-state index is -1.02. The maximum absolute atomic E-state index is 13.3. The second kappa shape index (κ2) is 8.86. The van der Waals surface area contributed by atoms with Crippen molar-refractivity contribution in [2.75, 3.05) is 29.9 Å². The molecule has 1 spiro atoms. The normalized spacial score (nSPS) is 18.6. The molecular formula is C24H21ClN4O5S. The van der Waals surface area contributed by atoms with Gasteiger partial charge in [-0.3, -0.25) is 15.0 Å². The van der Waals surface area contributed by atoms with E-state index in [1.807, 2.05) is 12.1 Å². The fourth-order valence-electron chi connectivity index (χ4n) is 4.62. The third-order valence-electron chi connectivity index (χ3n) is 6.34. The standard InChI is InChI=1S/C24H21ClN4O5S/c1-14(30)28-9-8-24(12-28)13-29(19-7-4-16(25)10-18(19)24)23(33)27-22-26-11-20(35-22)34-17-5-2-15(3-6-17)21(31)32/h2-7,10-11H,8-9,12-13H2,1H3,(H,31,32)(H,26,27,33). The number of carbonyl (C=O) groups is 3. The number of nitrogens with zero attached hydrogens (tertiary/aromatic N) is 3. The molecule has 0 bridgehead atoms. The first-order valence-electron chi connectivity index (χ1n) is 10.9. The monoisotopic (exact) mass is 512 g/mol. The van der Waals surface area contributed by atoms with Gasteiger partial charge in [0, 0.05) is 42.7 Å². The average Bonchev–Trinajstić information content (AvgIpc) is 3.53. The number of halogens is 1. The van der Waals surface area contributed by atoms with Crippen LogP contribution in [0.3, 0.4) is 0 Å². The summed E-state index contributed by atoms with van der Waals surface area (Å²) in [6, 6.07) is 11.1. The SMILES string of the molecule is CC(=O)N1CCC2(C1)CN(C(=O)Nc1ncc(Oc3ccc(C(=O)O)cc3)s1)c1ccc(Cl)cc12. The summed E-state index contributed by atoms with van der Waals surface area (Å²) in [5.41, 5.74) is 1.54. The molecule has 0 radical (unpaired) electrons. The van der Waals surface area contributed by atoms with Crippen LogP contribution in [0.15, 0.2) is 48.7 Å². The third-order valence-corrected chi connectivity index (χ3v) is 7.37. The molecule has 3 heterocycles. The number of thiazole rings is 1. The zero-order valence-corrected chi connectivity index (χ0v) is 20.2. The number of anilines is 2. The van der Waals surface area contributed by atoms with Crippen molar-refractivity contribution in [3.63, 3.8) is 0 Å². The fourth-order valence-corrected chi connectivity index (χ4v) is 5.47. The van der Waals surface area contributed by atoms with E-state index in [1.54, 1.807) is 34.9 Å². The number of benzene rings is 2. The van der Waals surface area contributed by atoms with Crippen molar-refractivity contribution >= 4 is 51.7 Å². The maximum Gasteiger partial charge on any atom is 0.335 e. The number of carbonyl (C=O) groups excluding carboxylic acids is 2. The first kappa shape index (κ1) is 23.1. The van der Waals surface area contributed by atoms with E-state index in [0.717, 1.165) is 29.0 Å². The molecule has 2 aliphatic rings. The molecule has 1 unspecified atom stereocenters. The van der Waals surface area contributed by atoms with Crippen LogP contribution in [0.25, 0.3) is 0 Å². The van der Waals surface area contributed by atoms with Crippen molar-refractivity contribution < 1.29 is 24.2 Å². The zero-order valence-electron chi connectivity index (χ0n) is 18.7. The molecule has 2 N–H and O–H groups in total. The Morgan fingerprint density at radius 3 is 2.63 bits per heavy atom. The van der Waals surface area contributed by atoms with Crippen LogP contribution in [-0.4, -0.2) is 52.5 Å². The van der Waals surface area contributed by atoms with Gasteiger partial charge in [0.2, 0.25) is 11.0 Å². The van der Waals surface area contributed by atoms with Crippen LogP contribution in [-0.2, 0) is 10.2 Å². The molecule has 3 amide bonds. The number of ether oxygens (including phenoxy) is 1. The number of amides is 3. The Morgan fingerprint density at radius 1 is 1.17 bits per heavy atom. The number of carboxylic acids is 1. The van der Waals surface area contributed by atoms with Gasteiger partial charge in [0.1, 0.15) is 5.75 Å². The maximum atomic E-state index is 13.3. The molecule has 1 atom stereocenters. The van der Waals surface area contributed by atoms with Gasteiger partial charge in [-0.25, -0.2) is 14.6 Å². The first-order valence-corrected chi connectivity index (χ1v) is 12.0. The molecule has 0 aliphatic carbocycles. The number of likely N-dealkylation sites (tertiary alicyclic amines) is 1. The number of urea groups is 1. The molecule has 35 heavy (non-hydrogen) atoms. The molecule has 180 valence electrons. The number of hydrogen-bond donors (Lipinski definition) is 2. The molecular weight excluding hydrogens is 492 g/mol. The van der Waals surface area contributed by atoms with E-state index in [1.165, 1.54) is 18.3 Å². The van der Waals surface area contributed by atoms with E-state index in [9.17, 15) is 14.4 Å². The quantitative estimate of drug-likeness (QED) is 0.518. The van der Waals surface area contributed by atoms with Gasteiger partial charge in [-0.2, -0.15) is 0 Å². The van der Waals surface area contributed by atoms with Crippen LogP contribution in [0.2, 0.25) is 5.02 Å². The van der Waals surface area contributed by atoms with Gasteiger partial charge in [-0.05, 0) is 54.4 Å². The predicted octanol–water partition coefficient (Wildman–Crippen LogP) is 4.83. The van der Waals surface area contributed by atoms with E-state index >= 15 is 0 Å². The topological polar surface area (TPSA) is 112 Å². The molecule has 11 heteroatoms. The number of rotatable bonds is 4. The Hall–Kier alpha value is -3.63. The van der Waals surface area contributed by atoms with Crippen LogP contribution < -0.4 is 15.0 Å². The Labute approximate surface area is 209 Å². The first-order chi connectivity index (χ1) is 16.7. The van der Waals surface area contributed by atoms with Crippen molar-refractivity contribution in [1.29, 1.82) is 0 Å². The molecule has 1 aromatic heterocycles. The van der Waals surface area contributed by atoms with Crippen LogP contribution in [0, 0.1) is 0 Å². The second-order valence-corrected chi connectivity index (χ2v) is 9.99. The lowest BCUT2D eigenvalue weighted by Crippen LogP contribution is -2.41. The summed E-state index contributed by atoms with van der Waals surface area (Å²) >= 11 is 7.44. The third kappa shape index (κ3) is 4.42. The van der Waals surface area contributed by atoms with Crippen molar-refractivity contribution in [1.82, 2.24) is 9.88 Å². The molecule has 1 fully saturated rings. The van der Waals surface area contributed by atoms with Gasteiger partial charge in [0.05, 0.1) is 11.8 Å². The summed E-state index contributed by atoms with van der Waals surface area (Å²) in [6.07, 6.45) is 2.24. The molecule has 9 nitrogen and oxygen atoms in total. The highest BCUT2D eigenvalue weighted by Gasteiger charge is 2.49. The number of nitrogens with one attached hydrogen (secondary N) is 1. The summed E-state index contributed by atoms with van der Waals surface area (Å²) < 4.78 is 5.73. The summed E-state index contributed by atoms with van der Waals surface area (Å²) in [7, 11) is 0. The van der Waals surface area contributed by atoms with Gasteiger partial charge in [0.25, 0.3) is 0 Å². The summed E-state index contributed by atoms with van der Waals surface area (Å²) in [6.45, 7) is 3.16. The summed E-state index contributed by atoms with van der Waals surface area (Å²) in [4.78, 5) is 43.9.